The predicted octanol–water partition coefficient (Wildman–Crippen LogP) is 0.815. The molecule has 0 radical (unpaired) electrons. The van der Waals surface area contributed by atoms with E-state index in [0.717, 1.165) is 24.3 Å². The van der Waals surface area contributed by atoms with Gasteiger partial charge in [-0.05, 0) is 25.0 Å². The molecule has 5 heteroatoms. The van der Waals surface area contributed by atoms with Gasteiger partial charge in [0.05, 0.1) is 0 Å². The zero-order valence-electron chi connectivity index (χ0n) is 8.52. The number of amides is 1. The van der Waals surface area contributed by atoms with E-state index in [9.17, 15) is 9.59 Å². The summed E-state index contributed by atoms with van der Waals surface area (Å²) in [5, 5.41) is 8.98. The molecule has 1 N–H and O–H groups in total. The van der Waals surface area contributed by atoms with Gasteiger partial charge in [0, 0.05) is 18.2 Å². The van der Waals surface area contributed by atoms with E-state index >= 15 is 0 Å². The summed E-state index contributed by atoms with van der Waals surface area (Å²) in [5.41, 5.74) is 0. The highest BCUT2D eigenvalue weighted by Gasteiger charge is 2.37. The molecule has 2 fully saturated rings. The Bertz CT molecular complexity index is 276. The molecule has 4 nitrogen and oxygen atoms in total. The van der Waals surface area contributed by atoms with Gasteiger partial charge in [-0.2, -0.15) is 11.8 Å². The number of rotatable bonds is 2. The minimum absolute atomic E-state index is 0.0601. The van der Waals surface area contributed by atoms with Crippen molar-refractivity contribution in [2.24, 2.45) is 5.92 Å². The molecule has 0 aromatic carbocycles. The molecule has 2 atom stereocenters. The van der Waals surface area contributed by atoms with Crippen molar-refractivity contribution in [3.8, 4) is 0 Å². The molecule has 15 heavy (non-hydrogen) atoms. The molecule has 84 valence electrons. The lowest BCUT2D eigenvalue weighted by Gasteiger charge is -2.24. The number of hydrogen-bond donors (Lipinski definition) is 1. The zero-order valence-corrected chi connectivity index (χ0v) is 9.33. The summed E-state index contributed by atoms with van der Waals surface area (Å²) < 4.78 is 0. The van der Waals surface area contributed by atoms with Crippen molar-refractivity contribution < 1.29 is 14.7 Å². The molecule has 0 aromatic rings. The summed E-state index contributed by atoms with van der Waals surface area (Å²) in [7, 11) is 0. The lowest BCUT2D eigenvalue weighted by molar-refractivity contribution is -0.149. The maximum Gasteiger partial charge on any atom is 0.326 e. The Hall–Kier alpha value is -0.710. The van der Waals surface area contributed by atoms with Crippen LogP contribution in [0.25, 0.3) is 0 Å². The standard InChI is InChI=1S/C10H15NO3S/c12-9(7-3-5-15-6-7)11-4-1-2-8(11)10(13)14/h7-8H,1-6H2,(H,13,14). The van der Waals surface area contributed by atoms with Crippen LogP contribution in [0.15, 0.2) is 0 Å². The highest BCUT2D eigenvalue weighted by atomic mass is 32.2. The lowest BCUT2D eigenvalue weighted by Crippen LogP contribution is -2.43. The average molecular weight is 229 g/mol. The first kappa shape index (κ1) is 10.8. The monoisotopic (exact) mass is 229 g/mol. The largest absolute Gasteiger partial charge is 0.480 e. The maximum absolute atomic E-state index is 12.0. The number of nitrogens with zero attached hydrogens (tertiary/aromatic N) is 1. The normalized spacial score (nSPS) is 30.8. The van der Waals surface area contributed by atoms with Gasteiger partial charge in [0.15, 0.2) is 0 Å². The van der Waals surface area contributed by atoms with E-state index in [4.69, 9.17) is 5.11 Å². The first-order chi connectivity index (χ1) is 7.20. The van der Waals surface area contributed by atoms with Crippen molar-refractivity contribution >= 4 is 23.6 Å². The highest BCUT2D eigenvalue weighted by Crippen LogP contribution is 2.28. The fourth-order valence-corrected chi connectivity index (χ4v) is 3.46. The number of hydrogen-bond acceptors (Lipinski definition) is 3. The Labute approximate surface area is 93.0 Å². The second-order valence-corrected chi connectivity index (χ2v) is 5.24. The second kappa shape index (κ2) is 4.43. The van der Waals surface area contributed by atoms with Crippen molar-refractivity contribution in [2.45, 2.75) is 25.3 Å². The molecular formula is C10H15NO3S. The van der Waals surface area contributed by atoms with Gasteiger partial charge in [0.25, 0.3) is 0 Å². The first-order valence-electron chi connectivity index (χ1n) is 5.31. The summed E-state index contributed by atoms with van der Waals surface area (Å²) in [6.07, 6.45) is 2.34. The average Bonchev–Trinajstić information content (AvgIpc) is 2.88. The van der Waals surface area contributed by atoms with Crippen LogP contribution in [0.5, 0.6) is 0 Å². The van der Waals surface area contributed by atoms with E-state index in [-0.39, 0.29) is 11.8 Å². The third kappa shape index (κ3) is 2.12. The van der Waals surface area contributed by atoms with E-state index in [2.05, 4.69) is 0 Å². The molecule has 2 aliphatic rings. The fraction of sp³-hybridized carbons (Fsp3) is 0.800. The van der Waals surface area contributed by atoms with Gasteiger partial charge in [-0.3, -0.25) is 4.79 Å². The summed E-state index contributed by atoms with van der Waals surface area (Å²) in [4.78, 5) is 24.5. The van der Waals surface area contributed by atoms with Crippen molar-refractivity contribution in [1.82, 2.24) is 4.90 Å². The molecule has 2 heterocycles. The summed E-state index contributed by atoms with van der Waals surface area (Å²) in [6.45, 7) is 0.622. The third-order valence-corrected chi connectivity index (χ3v) is 4.26. The number of thioether (sulfide) groups is 1. The van der Waals surface area contributed by atoms with Crippen LogP contribution < -0.4 is 0 Å². The molecule has 2 unspecified atom stereocenters. The van der Waals surface area contributed by atoms with Crippen molar-refractivity contribution in [1.29, 1.82) is 0 Å². The third-order valence-electron chi connectivity index (χ3n) is 3.10. The Morgan fingerprint density at radius 1 is 1.33 bits per heavy atom. The second-order valence-electron chi connectivity index (χ2n) is 4.09. The van der Waals surface area contributed by atoms with Gasteiger partial charge in [0.2, 0.25) is 5.91 Å². The van der Waals surface area contributed by atoms with Crippen LogP contribution in [0, 0.1) is 5.92 Å². The van der Waals surface area contributed by atoms with E-state index in [1.165, 1.54) is 0 Å². The predicted molar refractivity (Wildman–Crippen MR) is 57.8 cm³/mol. The number of aliphatic carboxylic acids is 1. The van der Waals surface area contributed by atoms with Crippen LogP contribution in [0.1, 0.15) is 19.3 Å². The minimum atomic E-state index is -0.855. The molecular weight excluding hydrogens is 214 g/mol. The van der Waals surface area contributed by atoms with Crippen LogP contribution >= 0.6 is 11.8 Å². The quantitative estimate of drug-likeness (QED) is 0.761. The summed E-state index contributed by atoms with van der Waals surface area (Å²) >= 11 is 1.78. The Morgan fingerprint density at radius 2 is 2.13 bits per heavy atom. The van der Waals surface area contributed by atoms with Crippen molar-refractivity contribution in [3.05, 3.63) is 0 Å². The van der Waals surface area contributed by atoms with Crippen molar-refractivity contribution in [3.63, 3.8) is 0 Å². The molecule has 2 saturated heterocycles. The van der Waals surface area contributed by atoms with Crippen LogP contribution in [0.2, 0.25) is 0 Å². The lowest BCUT2D eigenvalue weighted by atomic mass is 10.1. The molecule has 1 amide bonds. The minimum Gasteiger partial charge on any atom is -0.480 e. The van der Waals surface area contributed by atoms with Crippen LogP contribution in [0.3, 0.4) is 0 Å². The molecule has 2 rings (SSSR count). The molecule has 0 saturated carbocycles. The van der Waals surface area contributed by atoms with Gasteiger partial charge in [-0.15, -0.1) is 0 Å². The topological polar surface area (TPSA) is 57.6 Å². The van der Waals surface area contributed by atoms with E-state index in [0.29, 0.717) is 13.0 Å². The van der Waals surface area contributed by atoms with Gasteiger partial charge < -0.3 is 10.0 Å². The molecule has 0 aliphatic carbocycles. The van der Waals surface area contributed by atoms with Gasteiger partial charge in [-0.25, -0.2) is 4.79 Å². The van der Waals surface area contributed by atoms with Gasteiger partial charge >= 0.3 is 5.97 Å². The van der Waals surface area contributed by atoms with Gasteiger partial charge in [-0.1, -0.05) is 0 Å². The summed E-state index contributed by atoms with van der Waals surface area (Å²) in [5.74, 6) is 1.16. The number of carboxylic acid groups (broad SMARTS) is 1. The van der Waals surface area contributed by atoms with Gasteiger partial charge in [0.1, 0.15) is 6.04 Å². The molecule has 0 spiro atoms. The number of carboxylic acids is 1. The molecule has 0 aromatic heterocycles. The Morgan fingerprint density at radius 3 is 2.73 bits per heavy atom. The first-order valence-corrected chi connectivity index (χ1v) is 6.46. The van der Waals surface area contributed by atoms with Crippen LogP contribution in [-0.2, 0) is 9.59 Å². The maximum atomic E-state index is 12.0. The number of carbonyl (C=O) groups is 2. The van der Waals surface area contributed by atoms with Crippen LogP contribution in [-0.4, -0.2) is 46.0 Å². The SMILES string of the molecule is O=C(O)C1CCCN1C(=O)C1CCSC1. The van der Waals surface area contributed by atoms with E-state index < -0.39 is 12.0 Å². The smallest absolute Gasteiger partial charge is 0.326 e. The van der Waals surface area contributed by atoms with E-state index in [1.54, 1.807) is 16.7 Å². The Kier molecular flexibility index (Phi) is 3.19. The molecule has 0 bridgehead atoms. The van der Waals surface area contributed by atoms with E-state index in [1.807, 2.05) is 0 Å². The number of likely N-dealkylation sites (tertiary alicyclic amines) is 1. The zero-order chi connectivity index (χ0) is 10.8. The fourth-order valence-electron chi connectivity index (χ4n) is 2.25. The van der Waals surface area contributed by atoms with Crippen molar-refractivity contribution in [2.75, 3.05) is 18.1 Å². The Balaban J connectivity index is 2.02. The van der Waals surface area contributed by atoms with Crippen LogP contribution in [0.4, 0.5) is 0 Å². The summed E-state index contributed by atoms with van der Waals surface area (Å²) in [6, 6.07) is -0.567. The highest BCUT2D eigenvalue weighted by molar-refractivity contribution is 7.99. The number of carbonyl (C=O) groups excluding carboxylic acids is 1. The molecule has 2 aliphatic heterocycles.